The first-order chi connectivity index (χ1) is 12.6. The number of hydrogen-bond donors (Lipinski definition) is 1. The zero-order valence-electron chi connectivity index (χ0n) is 14.8. The summed E-state index contributed by atoms with van der Waals surface area (Å²) in [7, 11) is 0. The van der Waals surface area contributed by atoms with Crippen LogP contribution in [0.4, 0.5) is 0 Å². The van der Waals surface area contributed by atoms with E-state index in [1.54, 1.807) is 24.3 Å². The third-order valence-electron chi connectivity index (χ3n) is 4.13. The van der Waals surface area contributed by atoms with Gasteiger partial charge in [-0.3, -0.25) is 4.79 Å². The molecule has 0 aliphatic heterocycles. The van der Waals surface area contributed by atoms with Gasteiger partial charge < -0.3 is 14.6 Å². The Morgan fingerprint density at radius 3 is 2.77 bits per heavy atom. The smallest absolute Gasteiger partial charge is 0.258 e. The second-order valence-corrected chi connectivity index (χ2v) is 5.89. The van der Waals surface area contributed by atoms with Crippen LogP contribution < -0.4 is 10.1 Å². The van der Waals surface area contributed by atoms with Crippen molar-refractivity contribution in [2.24, 2.45) is 0 Å². The van der Waals surface area contributed by atoms with Crippen molar-refractivity contribution in [1.82, 2.24) is 14.9 Å². The van der Waals surface area contributed by atoms with E-state index in [1.165, 1.54) is 0 Å². The van der Waals surface area contributed by atoms with Crippen LogP contribution in [0, 0.1) is 11.3 Å². The lowest BCUT2D eigenvalue weighted by atomic mass is 10.2. The molecule has 6 heteroatoms. The summed E-state index contributed by atoms with van der Waals surface area (Å²) >= 11 is 0. The van der Waals surface area contributed by atoms with Crippen molar-refractivity contribution in [1.29, 1.82) is 5.26 Å². The van der Waals surface area contributed by atoms with E-state index >= 15 is 0 Å². The number of carbonyl (C=O) groups is 1. The number of aryl methyl sites for hydroxylation is 1. The molecule has 0 spiro atoms. The van der Waals surface area contributed by atoms with Gasteiger partial charge in [0.1, 0.15) is 17.6 Å². The molecule has 1 N–H and O–H groups in total. The molecule has 26 heavy (non-hydrogen) atoms. The van der Waals surface area contributed by atoms with Gasteiger partial charge in [0.2, 0.25) is 0 Å². The quantitative estimate of drug-likeness (QED) is 0.742. The molecule has 6 nitrogen and oxygen atoms in total. The van der Waals surface area contributed by atoms with E-state index < -0.39 is 0 Å². The molecule has 132 valence electrons. The predicted octanol–water partition coefficient (Wildman–Crippen LogP) is 3.18. The van der Waals surface area contributed by atoms with Crippen LogP contribution in [-0.2, 0) is 11.3 Å². The Kier molecular flexibility index (Phi) is 5.18. The molecule has 0 fully saturated rings. The molecule has 0 saturated heterocycles. The molecule has 3 rings (SSSR count). The zero-order valence-corrected chi connectivity index (χ0v) is 14.8. The van der Waals surface area contributed by atoms with Gasteiger partial charge in [0.15, 0.2) is 6.61 Å². The lowest BCUT2D eigenvalue weighted by Gasteiger charge is -2.16. The van der Waals surface area contributed by atoms with Crippen LogP contribution >= 0.6 is 0 Å². The molecule has 0 bridgehead atoms. The number of para-hydroxylation sites is 3. The third kappa shape index (κ3) is 3.52. The number of fused-ring (bicyclic) bond motifs is 1. The molecule has 0 radical (unpaired) electrons. The minimum absolute atomic E-state index is 0.157. The number of aromatic nitrogens is 2. The Labute approximate surface area is 152 Å². The van der Waals surface area contributed by atoms with E-state index in [-0.39, 0.29) is 18.6 Å². The fraction of sp³-hybridized carbons (Fsp3) is 0.250. The third-order valence-corrected chi connectivity index (χ3v) is 4.13. The van der Waals surface area contributed by atoms with Crippen LogP contribution in [0.1, 0.15) is 31.3 Å². The number of carbonyl (C=O) groups excluding carboxylic acids is 1. The Morgan fingerprint density at radius 2 is 2.00 bits per heavy atom. The summed E-state index contributed by atoms with van der Waals surface area (Å²) in [5.41, 5.74) is 2.36. The summed E-state index contributed by atoms with van der Waals surface area (Å²) in [6, 6.07) is 16.5. The highest BCUT2D eigenvalue weighted by atomic mass is 16.5. The van der Waals surface area contributed by atoms with E-state index in [0.29, 0.717) is 11.3 Å². The summed E-state index contributed by atoms with van der Waals surface area (Å²) < 4.78 is 7.57. The largest absolute Gasteiger partial charge is 0.482 e. The van der Waals surface area contributed by atoms with Crippen LogP contribution in [0.25, 0.3) is 11.0 Å². The number of nitrogens with zero attached hydrogens (tertiary/aromatic N) is 3. The summed E-state index contributed by atoms with van der Waals surface area (Å²) in [4.78, 5) is 16.9. The van der Waals surface area contributed by atoms with Gasteiger partial charge in [0.25, 0.3) is 5.91 Å². The SMILES string of the molecule is CCn1c([C@H](C)NC(=O)COc2ccccc2C#N)nc2ccccc21. The minimum Gasteiger partial charge on any atom is -0.482 e. The Hall–Kier alpha value is -3.33. The Bertz CT molecular complexity index is 971. The second kappa shape index (κ2) is 7.70. The van der Waals surface area contributed by atoms with Crippen molar-refractivity contribution in [2.75, 3.05) is 6.61 Å². The first-order valence-corrected chi connectivity index (χ1v) is 8.50. The number of nitriles is 1. The number of imidazole rings is 1. The minimum atomic E-state index is -0.264. The van der Waals surface area contributed by atoms with Crippen molar-refractivity contribution in [2.45, 2.75) is 26.4 Å². The van der Waals surface area contributed by atoms with Crippen LogP contribution in [-0.4, -0.2) is 22.1 Å². The van der Waals surface area contributed by atoms with Gasteiger partial charge in [-0.25, -0.2) is 4.98 Å². The molecule has 0 saturated carbocycles. The first kappa shape index (κ1) is 17.5. The highest BCUT2D eigenvalue weighted by Crippen LogP contribution is 2.21. The summed E-state index contributed by atoms with van der Waals surface area (Å²) in [6.45, 7) is 4.56. The highest BCUT2D eigenvalue weighted by Gasteiger charge is 2.18. The Morgan fingerprint density at radius 1 is 1.27 bits per heavy atom. The summed E-state index contributed by atoms with van der Waals surface area (Å²) in [6.07, 6.45) is 0. The normalized spacial score (nSPS) is 11.7. The molecule has 0 aliphatic rings. The lowest BCUT2D eigenvalue weighted by molar-refractivity contribution is -0.123. The molecular weight excluding hydrogens is 328 g/mol. The topological polar surface area (TPSA) is 79.9 Å². The number of benzene rings is 2. The number of nitrogens with one attached hydrogen (secondary N) is 1. The number of amides is 1. The van der Waals surface area contributed by atoms with Crippen molar-refractivity contribution in [3.05, 3.63) is 59.9 Å². The van der Waals surface area contributed by atoms with Crippen molar-refractivity contribution < 1.29 is 9.53 Å². The lowest BCUT2D eigenvalue weighted by Crippen LogP contribution is -2.32. The predicted molar refractivity (Wildman–Crippen MR) is 98.6 cm³/mol. The van der Waals surface area contributed by atoms with Crippen molar-refractivity contribution >= 4 is 16.9 Å². The maximum Gasteiger partial charge on any atom is 0.258 e. The van der Waals surface area contributed by atoms with Gasteiger partial charge in [0.05, 0.1) is 22.6 Å². The van der Waals surface area contributed by atoms with E-state index in [1.807, 2.05) is 44.2 Å². The van der Waals surface area contributed by atoms with Crippen LogP contribution in [0.3, 0.4) is 0 Å². The average molecular weight is 348 g/mol. The van der Waals surface area contributed by atoms with Gasteiger partial charge >= 0.3 is 0 Å². The second-order valence-electron chi connectivity index (χ2n) is 5.89. The molecule has 2 aromatic carbocycles. The van der Waals surface area contributed by atoms with Gasteiger partial charge in [-0.05, 0) is 38.1 Å². The number of hydrogen-bond acceptors (Lipinski definition) is 4. The van der Waals surface area contributed by atoms with E-state index in [9.17, 15) is 4.79 Å². The summed E-state index contributed by atoms with van der Waals surface area (Å²) in [5, 5.41) is 12.0. The molecule has 1 heterocycles. The van der Waals surface area contributed by atoms with Crippen molar-refractivity contribution in [3.8, 4) is 11.8 Å². The molecule has 1 atom stereocenters. The van der Waals surface area contributed by atoms with E-state index in [4.69, 9.17) is 10.00 Å². The monoisotopic (exact) mass is 348 g/mol. The molecule has 3 aromatic rings. The first-order valence-electron chi connectivity index (χ1n) is 8.50. The highest BCUT2D eigenvalue weighted by molar-refractivity contribution is 5.79. The zero-order chi connectivity index (χ0) is 18.5. The Balaban J connectivity index is 1.69. The molecule has 1 amide bonds. The maximum absolute atomic E-state index is 12.3. The van der Waals surface area contributed by atoms with E-state index in [0.717, 1.165) is 23.4 Å². The number of rotatable bonds is 6. The van der Waals surface area contributed by atoms with Gasteiger partial charge in [-0.15, -0.1) is 0 Å². The number of ether oxygens (including phenoxy) is 1. The van der Waals surface area contributed by atoms with Crippen LogP contribution in [0.5, 0.6) is 5.75 Å². The molecular formula is C20H20N4O2. The van der Waals surface area contributed by atoms with Gasteiger partial charge in [0, 0.05) is 6.54 Å². The molecule has 0 unspecified atom stereocenters. The fourth-order valence-electron chi connectivity index (χ4n) is 2.93. The average Bonchev–Trinajstić information content (AvgIpc) is 3.05. The van der Waals surface area contributed by atoms with Crippen LogP contribution in [0.15, 0.2) is 48.5 Å². The standard InChI is InChI=1S/C20H20N4O2/c1-3-24-17-10-6-5-9-16(17)23-20(24)14(2)22-19(25)13-26-18-11-7-4-8-15(18)12-21/h4-11,14H,3,13H2,1-2H3,(H,22,25)/t14-/m0/s1. The summed E-state index contributed by atoms with van der Waals surface area (Å²) in [5.74, 6) is 0.943. The fourth-order valence-corrected chi connectivity index (χ4v) is 2.93. The maximum atomic E-state index is 12.3. The van der Waals surface area contributed by atoms with Crippen molar-refractivity contribution in [3.63, 3.8) is 0 Å². The molecule has 0 aliphatic carbocycles. The van der Waals surface area contributed by atoms with E-state index in [2.05, 4.69) is 14.9 Å². The molecule has 1 aromatic heterocycles. The van der Waals surface area contributed by atoms with Crippen LogP contribution in [0.2, 0.25) is 0 Å². The van der Waals surface area contributed by atoms with Gasteiger partial charge in [-0.2, -0.15) is 5.26 Å². The van der Waals surface area contributed by atoms with Gasteiger partial charge in [-0.1, -0.05) is 24.3 Å².